The number of rotatable bonds is 10. The van der Waals surface area contributed by atoms with Crippen LogP contribution in [0, 0.1) is 0 Å². The summed E-state index contributed by atoms with van der Waals surface area (Å²) in [5.41, 5.74) is 4.45. The molecule has 0 aliphatic heterocycles. The normalized spacial score (nSPS) is 11.0. The highest BCUT2D eigenvalue weighted by Crippen LogP contribution is 2.28. The number of hydrogen-bond acceptors (Lipinski definition) is 3. The smallest absolute Gasteiger partial charge is 0.352 e. The van der Waals surface area contributed by atoms with Gasteiger partial charge in [-0.05, 0) is 48.7 Å². The van der Waals surface area contributed by atoms with Gasteiger partial charge in [0.05, 0.1) is 7.11 Å². The van der Waals surface area contributed by atoms with Crippen LogP contribution in [0.5, 0.6) is 5.75 Å². The van der Waals surface area contributed by atoms with E-state index in [9.17, 15) is 9.90 Å². The van der Waals surface area contributed by atoms with Crippen molar-refractivity contribution in [2.75, 3.05) is 13.7 Å². The van der Waals surface area contributed by atoms with Crippen molar-refractivity contribution in [1.82, 2.24) is 9.88 Å². The molecule has 0 saturated heterocycles. The summed E-state index contributed by atoms with van der Waals surface area (Å²) < 4.78 is 7.14. The Bertz CT molecular complexity index is 1180. The van der Waals surface area contributed by atoms with Crippen molar-refractivity contribution in [3.05, 3.63) is 101 Å². The van der Waals surface area contributed by atoms with Crippen LogP contribution >= 0.6 is 0 Å². The minimum atomic E-state index is -0.907. The Balaban J connectivity index is 1.54. The molecule has 3 aromatic carbocycles. The largest absolute Gasteiger partial charge is 0.497 e. The van der Waals surface area contributed by atoms with Crippen LogP contribution in [0.3, 0.4) is 0 Å². The number of aryl methyl sites for hydroxylation is 1. The summed E-state index contributed by atoms with van der Waals surface area (Å²) in [5, 5.41) is 14.5. The van der Waals surface area contributed by atoms with E-state index >= 15 is 0 Å². The van der Waals surface area contributed by atoms with E-state index in [4.69, 9.17) is 4.74 Å². The zero-order chi connectivity index (χ0) is 22.3. The van der Waals surface area contributed by atoms with Crippen LogP contribution in [0.15, 0.2) is 78.9 Å². The highest BCUT2D eigenvalue weighted by molar-refractivity contribution is 5.98. The second-order valence-electron chi connectivity index (χ2n) is 7.85. The second-order valence-corrected chi connectivity index (χ2v) is 7.85. The molecule has 5 heteroatoms. The van der Waals surface area contributed by atoms with Crippen molar-refractivity contribution in [2.45, 2.75) is 25.9 Å². The second kappa shape index (κ2) is 10.2. The third-order valence-electron chi connectivity index (χ3n) is 5.74. The summed E-state index contributed by atoms with van der Waals surface area (Å²) in [7, 11) is 1.64. The Morgan fingerprint density at radius 1 is 0.938 bits per heavy atom. The molecule has 4 aromatic rings. The number of methoxy groups -OCH3 is 1. The van der Waals surface area contributed by atoms with Gasteiger partial charge in [-0.3, -0.25) is 0 Å². The Morgan fingerprint density at radius 2 is 1.66 bits per heavy atom. The van der Waals surface area contributed by atoms with Crippen molar-refractivity contribution in [2.24, 2.45) is 0 Å². The molecule has 1 heterocycles. The van der Waals surface area contributed by atoms with Crippen molar-refractivity contribution in [3.8, 4) is 5.75 Å². The molecule has 0 bridgehead atoms. The third-order valence-corrected chi connectivity index (χ3v) is 5.74. The monoisotopic (exact) mass is 428 g/mol. The Morgan fingerprint density at radius 3 is 2.38 bits per heavy atom. The first-order valence-electron chi connectivity index (χ1n) is 10.9. The number of benzene rings is 3. The summed E-state index contributed by atoms with van der Waals surface area (Å²) in [6.07, 6.45) is 2.00. The molecule has 5 nitrogen and oxygen atoms in total. The standard InChI is InChI=1S/C27H28N2O3/c1-32-22-15-13-21(14-16-22)19-29-25-12-6-5-11-23(25)24(26(29)27(30)31)18-28-17-7-10-20-8-3-2-4-9-20/h2-6,8-9,11-16,28H,7,10,17-19H2,1H3,(H,30,31). The van der Waals surface area contributed by atoms with Crippen LogP contribution in [0.25, 0.3) is 10.9 Å². The lowest BCUT2D eigenvalue weighted by molar-refractivity contribution is 0.0684. The highest BCUT2D eigenvalue weighted by atomic mass is 16.5. The van der Waals surface area contributed by atoms with E-state index < -0.39 is 5.97 Å². The van der Waals surface area contributed by atoms with E-state index in [1.165, 1.54) is 5.56 Å². The van der Waals surface area contributed by atoms with E-state index in [1.54, 1.807) is 7.11 Å². The van der Waals surface area contributed by atoms with Gasteiger partial charge in [-0.15, -0.1) is 0 Å². The number of fused-ring (bicyclic) bond motifs is 1. The van der Waals surface area contributed by atoms with Gasteiger partial charge in [0.2, 0.25) is 0 Å². The van der Waals surface area contributed by atoms with Crippen LogP contribution < -0.4 is 10.1 Å². The molecule has 0 spiro atoms. The zero-order valence-electron chi connectivity index (χ0n) is 18.3. The average molecular weight is 429 g/mol. The molecule has 1 aromatic heterocycles. The topological polar surface area (TPSA) is 63.5 Å². The van der Waals surface area contributed by atoms with Gasteiger partial charge in [0.15, 0.2) is 0 Å². The van der Waals surface area contributed by atoms with E-state index in [0.29, 0.717) is 18.8 Å². The molecule has 0 saturated carbocycles. The number of nitrogens with one attached hydrogen (secondary N) is 1. The van der Waals surface area contributed by atoms with Crippen molar-refractivity contribution in [1.29, 1.82) is 0 Å². The number of para-hydroxylation sites is 1. The summed E-state index contributed by atoms with van der Waals surface area (Å²) in [6, 6.07) is 26.1. The van der Waals surface area contributed by atoms with E-state index in [0.717, 1.165) is 47.2 Å². The first-order valence-corrected chi connectivity index (χ1v) is 10.9. The maximum absolute atomic E-state index is 12.3. The average Bonchev–Trinajstić information content (AvgIpc) is 3.13. The van der Waals surface area contributed by atoms with Crippen LogP contribution in [-0.4, -0.2) is 29.3 Å². The number of hydrogen-bond donors (Lipinski definition) is 2. The van der Waals surface area contributed by atoms with Crippen molar-refractivity contribution < 1.29 is 14.6 Å². The molecule has 0 fully saturated rings. The molecule has 2 N–H and O–H groups in total. The summed E-state index contributed by atoms with van der Waals surface area (Å²) in [6.45, 7) is 1.83. The van der Waals surface area contributed by atoms with Crippen molar-refractivity contribution >= 4 is 16.9 Å². The van der Waals surface area contributed by atoms with Crippen LogP contribution in [0.2, 0.25) is 0 Å². The Kier molecular flexibility index (Phi) is 6.87. The lowest BCUT2D eigenvalue weighted by Crippen LogP contribution is -2.18. The quantitative estimate of drug-likeness (QED) is 0.344. The molecule has 0 atom stereocenters. The highest BCUT2D eigenvalue weighted by Gasteiger charge is 2.22. The fraction of sp³-hybridized carbons (Fsp3) is 0.222. The number of carbonyl (C=O) groups is 1. The van der Waals surface area contributed by atoms with Crippen LogP contribution in [-0.2, 0) is 19.5 Å². The number of carboxylic acids is 1. The van der Waals surface area contributed by atoms with Gasteiger partial charge in [-0.2, -0.15) is 0 Å². The molecule has 0 unspecified atom stereocenters. The van der Waals surface area contributed by atoms with Gasteiger partial charge in [0.1, 0.15) is 11.4 Å². The minimum Gasteiger partial charge on any atom is -0.497 e. The maximum atomic E-state index is 12.3. The molecule has 164 valence electrons. The lowest BCUT2D eigenvalue weighted by Gasteiger charge is -2.11. The van der Waals surface area contributed by atoms with Crippen LogP contribution in [0.4, 0.5) is 0 Å². The summed E-state index contributed by atoms with van der Waals surface area (Å²) in [4.78, 5) is 12.3. The molecular formula is C27H28N2O3. The maximum Gasteiger partial charge on any atom is 0.352 e. The molecule has 4 rings (SSSR count). The zero-order valence-corrected chi connectivity index (χ0v) is 18.3. The van der Waals surface area contributed by atoms with Gasteiger partial charge in [0, 0.05) is 29.6 Å². The number of aromatic carboxylic acids is 1. The van der Waals surface area contributed by atoms with Gasteiger partial charge in [-0.1, -0.05) is 60.7 Å². The van der Waals surface area contributed by atoms with E-state index in [-0.39, 0.29) is 0 Å². The predicted octanol–water partition coefficient (Wildman–Crippen LogP) is 5.12. The van der Waals surface area contributed by atoms with Crippen molar-refractivity contribution in [3.63, 3.8) is 0 Å². The van der Waals surface area contributed by atoms with E-state index in [1.807, 2.05) is 59.2 Å². The Labute approximate surface area is 188 Å². The molecular weight excluding hydrogens is 400 g/mol. The van der Waals surface area contributed by atoms with E-state index in [2.05, 4.69) is 29.6 Å². The number of aromatic nitrogens is 1. The van der Waals surface area contributed by atoms with Gasteiger partial charge < -0.3 is 19.7 Å². The molecule has 32 heavy (non-hydrogen) atoms. The molecule has 0 aliphatic rings. The number of ether oxygens (including phenoxy) is 1. The SMILES string of the molecule is COc1ccc(Cn2c(C(=O)O)c(CNCCCc3ccccc3)c3ccccc32)cc1. The fourth-order valence-electron chi connectivity index (χ4n) is 4.15. The third kappa shape index (κ3) is 4.84. The molecule has 0 aliphatic carbocycles. The predicted molar refractivity (Wildman–Crippen MR) is 127 cm³/mol. The first kappa shape index (κ1) is 21.7. The number of nitrogens with zero attached hydrogens (tertiary/aromatic N) is 1. The van der Waals surface area contributed by atoms with Gasteiger partial charge in [-0.25, -0.2) is 4.79 Å². The molecule has 0 amide bonds. The van der Waals surface area contributed by atoms with Gasteiger partial charge >= 0.3 is 5.97 Å². The fourth-order valence-corrected chi connectivity index (χ4v) is 4.15. The molecule has 0 radical (unpaired) electrons. The van der Waals surface area contributed by atoms with Crippen LogP contribution in [0.1, 0.15) is 33.6 Å². The minimum absolute atomic E-state index is 0.345. The van der Waals surface area contributed by atoms with Gasteiger partial charge in [0.25, 0.3) is 0 Å². The first-order chi connectivity index (χ1) is 15.7. The summed E-state index contributed by atoms with van der Waals surface area (Å²) in [5.74, 6) is -0.124. The Hall–Kier alpha value is -3.57. The summed E-state index contributed by atoms with van der Waals surface area (Å²) >= 11 is 0. The number of carboxylic acid groups (broad SMARTS) is 1. The lowest BCUT2D eigenvalue weighted by atomic mass is 10.1.